The molecule has 7 rings (SSSR count). The molecule has 2 aliphatic carbocycles. The molecule has 0 aliphatic heterocycles. The minimum atomic E-state index is 0.553. The van der Waals surface area contributed by atoms with Crippen LogP contribution in [0.3, 0.4) is 0 Å². The van der Waals surface area contributed by atoms with Gasteiger partial charge in [-0.3, -0.25) is 0 Å². The van der Waals surface area contributed by atoms with Gasteiger partial charge in [0, 0.05) is 0 Å². The average Bonchev–Trinajstić information content (AvgIpc) is 3.22. The van der Waals surface area contributed by atoms with Crippen LogP contribution in [0.2, 0.25) is 0 Å². The van der Waals surface area contributed by atoms with E-state index in [1.165, 1.54) is 68.5 Å². The first-order chi connectivity index (χ1) is 26.7. The molecular weight excluding hydrogens is 661 g/mol. The van der Waals surface area contributed by atoms with Crippen LogP contribution in [0.1, 0.15) is 93.3 Å². The number of hydrogen-bond donors (Lipinski definition) is 0. The first kappa shape index (κ1) is 47.8. The van der Waals surface area contributed by atoms with Crippen molar-refractivity contribution in [2.24, 2.45) is 5.92 Å². The fourth-order valence-corrected chi connectivity index (χ4v) is 5.29. The Morgan fingerprint density at radius 1 is 0.455 bits per heavy atom. The number of allylic oxidation sites excluding steroid dienone is 9. The van der Waals surface area contributed by atoms with Gasteiger partial charge in [0.05, 0.1) is 0 Å². The molecule has 0 bridgehead atoms. The molecule has 5 aromatic rings. The Hall–Kier alpha value is -5.20. The number of fused-ring (bicyclic) bond motifs is 1. The third kappa shape index (κ3) is 21.3. The van der Waals surface area contributed by atoms with Crippen molar-refractivity contribution < 1.29 is 0 Å². The van der Waals surface area contributed by atoms with E-state index in [0.717, 1.165) is 6.42 Å². The predicted molar refractivity (Wildman–Crippen MR) is 250 cm³/mol. The Kier molecular flexibility index (Phi) is 26.2. The average molecular weight is 731 g/mol. The third-order valence-corrected chi connectivity index (χ3v) is 8.75. The van der Waals surface area contributed by atoms with Crippen LogP contribution in [-0.4, -0.2) is 0 Å². The minimum Gasteiger partial charge on any atom is -0.0836 e. The molecule has 55 heavy (non-hydrogen) atoms. The number of aryl methyl sites for hydroxylation is 5. The smallest absolute Gasteiger partial charge is 0.00482 e. The Morgan fingerprint density at radius 2 is 0.927 bits per heavy atom. The molecule has 0 nitrogen and oxygen atoms in total. The molecule has 290 valence electrons. The highest BCUT2D eigenvalue weighted by molar-refractivity contribution is 5.63. The molecular formula is C55H70. The summed E-state index contributed by atoms with van der Waals surface area (Å²) in [6.45, 7) is 23.0. The summed E-state index contributed by atoms with van der Waals surface area (Å²) in [4.78, 5) is 0. The van der Waals surface area contributed by atoms with E-state index in [4.69, 9.17) is 0 Å². The standard InChI is InChI=1S/C14H14.C12H16.C11H12.2C7H8.2C2H6/c1-11-3-7-13(8-4-11)14-9-5-12(2)6-10-14;1-11-9-7-5-3-4-6-8-10-12(11)2;1-9-5-4-7-10-6-2-3-8-11(9)10;2*1-7-5-3-2-4-6-7;2*1-2/h3-10H,1-2H3;3,5-11H,4H2,1-2H3;2,4-7H,3,8H2,1H3;2*2-6H,1H3;2*1-2H3/b;5-3-,8-6-,9-7-,12-10-;;;;;. The van der Waals surface area contributed by atoms with Crippen molar-refractivity contribution in [1.82, 2.24) is 0 Å². The molecule has 0 fully saturated rings. The van der Waals surface area contributed by atoms with E-state index in [-0.39, 0.29) is 0 Å². The van der Waals surface area contributed by atoms with Crippen molar-refractivity contribution in [1.29, 1.82) is 0 Å². The van der Waals surface area contributed by atoms with Crippen LogP contribution in [0.5, 0.6) is 0 Å². The van der Waals surface area contributed by atoms with Crippen LogP contribution < -0.4 is 0 Å². The van der Waals surface area contributed by atoms with Crippen molar-refractivity contribution in [2.45, 2.75) is 95.4 Å². The number of hydrogen-bond acceptors (Lipinski definition) is 0. The van der Waals surface area contributed by atoms with Crippen LogP contribution in [0, 0.1) is 40.5 Å². The van der Waals surface area contributed by atoms with Crippen LogP contribution in [0.15, 0.2) is 182 Å². The van der Waals surface area contributed by atoms with Gasteiger partial charge in [0.15, 0.2) is 0 Å². The van der Waals surface area contributed by atoms with E-state index in [1.807, 2.05) is 64.1 Å². The predicted octanol–water partition coefficient (Wildman–Crippen LogP) is 16.6. The second-order valence-electron chi connectivity index (χ2n) is 13.3. The third-order valence-electron chi connectivity index (χ3n) is 8.75. The molecule has 2 aliphatic rings. The summed E-state index contributed by atoms with van der Waals surface area (Å²) in [5, 5.41) is 0. The first-order valence-corrected chi connectivity index (χ1v) is 20.3. The van der Waals surface area contributed by atoms with Crippen LogP contribution in [0.25, 0.3) is 17.2 Å². The molecule has 0 saturated heterocycles. The lowest BCUT2D eigenvalue weighted by molar-refractivity contribution is 0.862. The Labute approximate surface area is 337 Å². The fraction of sp³-hybridized carbons (Fsp3) is 0.273. The van der Waals surface area contributed by atoms with Crippen molar-refractivity contribution in [3.05, 3.63) is 221 Å². The van der Waals surface area contributed by atoms with Gasteiger partial charge in [-0.15, -0.1) is 0 Å². The summed E-state index contributed by atoms with van der Waals surface area (Å²) >= 11 is 0. The first-order valence-electron chi connectivity index (χ1n) is 20.3. The van der Waals surface area contributed by atoms with Gasteiger partial charge in [-0.05, 0) is 94.5 Å². The number of benzene rings is 5. The monoisotopic (exact) mass is 731 g/mol. The van der Waals surface area contributed by atoms with Gasteiger partial charge in [-0.2, -0.15) is 0 Å². The summed E-state index contributed by atoms with van der Waals surface area (Å²) in [5.74, 6) is 0.553. The zero-order valence-corrected chi connectivity index (χ0v) is 36.0. The summed E-state index contributed by atoms with van der Waals surface area (Å²) in [5.41, 5.74) is 13.6. The van der Waals surface area contributed by atoms with Crippen molar-refractivity contribution >= 4 is 6.08 Å². The largest absolute Gasteiger partial charge is 0.0836 e. The highest BCUT2D eigenvalue weighted by Crippen LogP contribution is 2.22. The SMILES string of the molecule is C/C1=C/C=C\C/C=C\C=C/C1C.CC.CC.Cc1ccc(-c2ccc(C)cc2)cc1.Cc1cccc2c1CCC=C2.Cc1ccccc1.Cc1ccccc1. The van der Waals surface area contributed by atoms with E-state index >= 15 is 0 Å². The van der Waals surface area contributed by atoms with Crippen LogP contribution in [0.4, 0.5) is 0 Å². The van der Waals surface area contributed by atoms with Crippen molar-refractivity contribution in [2.75, 3.05) is 0 Å². The summed E-state index contributed by atoms with van der Waals surface area (Å²) in [7, 11) is 0. The van der Waals surface area contributed by atoms with Gasteiger partial charge in [0.25, 0.3) is 0 Å². The van der Waals surface area contributed by atoms with Gasteiger partial charge in [-0.1, -0.05) is 245 Å². The van der Waals surface area contributed by atoms with Crippen LogP contribution >= 0.6 is 0 Å². The maximum Gasteiger partial charge on any atom is -0.00482 e. The summed E-state index contributed by atoms with van der Waals surface area (Å²) in [6, 6.07) is 44.3. The lowest BCUT2D eigenvalue weighted by atomic mass is 9.94. The Morgan fingerprint density at radius 3 is 1.38 bits per heavy atom. The summed E-state index contributed by atoms with van der Waals surface area (Å²) < 4.78 is 0. The van der Waals surface area contributed by atoms with E-state index in [1.54, 1.807) is 0 Å². The minimum absolute atomic E-state index is 0.553. The maximum atomic E-state index is 2.25. The molecule has 0 spiro atoms. The lowest BCUT2D eigenvalue weighted by Gasteiger charge is -2.12. The van der Waals surface area contributed by atoms with E-state index < -0.39 is 0 Å². The fourth-order valence-electron chi connectivity index (χ4n) is 5.29. The highest BCUT2D eigenvalue weighted by atomic mass is 14.1. The van der Waals surface area contributed by atoms with E-state index in [9.17, 15) is 0 Å². The summed E-state index contributed by atoms with van der Waals surface area (Å²) in [6.07, 6.45) is 23.1. The second-order valence-corrected chi connectivity index (χ2v) is 13.3. The normalized spacial score (nSPS) is 15.8. The van der Waals surface area contributed by atoms with Crippen molar-refractivity contribution in [3.63, 3.8) is 0 Å². The lowest BCUT2D eigenvalue weighted by Crippen LogP contribution is -1.96. The molecule has 5 aromatic carbocycles. The molecule has 1 unspecified atom stereocenters. The van der Waals surface area contributed by atoms with Gasteiger partial charge in [0.2, 0.25) is 0 Å². The molecule has 0 radical (unpaired) electrons. The van der Waals surface area contributed by atoms with E-state index in [2.05, 4.69) is 194 Å². The highest BCUT2D eigenvalue weighted by Gasteiger charge is 2.05. The van der Waals surface area contributed by atoms with Gasteiger partial charge < -0.3 is 0 Å². The number of rotatable bonds is 1. The maximum absolute atomic E-state index is 2.25. The Balaban J connectivity index is 0.000000343. The zero-order valence-electron chi connectivity index (χ0n) is 36.0. The molecule has 1 atom stereocenters. The quantitative estimate of drug-likeness (QED) is 0.161. The molecule has 0 amide bonds. The van der Waals surface area contributed by atoms with Gasteiger partial charge >= 0.3 is 0 Å². The molecule has 0 N–H and O–H groups in total. The second kappa shape index (κ2) is 30.2. The van der Waals surface area contributed by atoms with Crippen LogP contribution in [-0.2, 0) is 6.42 Å². The molecule has 0 heterocycles. The molecule has 0 aromatic heterocycles. The Bertz CT molecular complexity index is 1750. The van der Waals surface area contributed by atoms with Gasteiger partial charge in [-0.25, -0.2) is 0 Å². The van der Waals surface area contributed by atoms with Crippen molar-refractivity contribution in [3.8, 4) is 11.1 Å². The van der Waals surface area contributed by atoms with E-state index in [0.29, 0.717) is 5.92 Å². The topological polar surface area (TPSA) is 0 Å². The van der Waals surface area contributed by atoms with Gasteiger partial charge in [0.1, 0.15) is 0 Å². The molecule has 0 heteroatoms. The zero-order chi connectivity index (χ0) is 40.7. The molecule has 0 saturated carbocycles.